The molecule has 1 aromatic heterocycles. The second-order valence-corrected chi connectivity index (χ2v) is 4.92. The van der Waals surface area contributed by atoms with Crippen molar-refractivity contribution in [2.75, 3.05) is 6.54 Å². The van der Waals surface area contributed by atoms with E-state index in [9.17, 15) is 14.9 Å². The van der Waals surface area contributed by atoms with E-state index < -0.39 is 10.9 Å². The lowest BCUT2D eigenvalue weighted by atomic mass is 10.1. The van der Waals surface area contributed by atoms with Crippen LogP contribution in [0.2, 0.25) is 0 Å². The maximum Gasteiger partial charge on any atom is 0.433 e. The summed E-state index contributed by atoms with van der Waals surface area (Å²) < 4.78 is 5.02. The fourth-order valence-electron chi connectivity index (χ4n) is 1.43. The first-order chi connectivity index (χ1) is 8.20. The number of nitro groups is 1. The molecule has 1 heterocycles. The highest BCUT2D eigenvalue weighted by Gasteiger charge is 2.25. The van der Waals surface area contributed by atoms with Gasteiger partial charge in [-0.2, -0.15) is 0 Å². The molecule has 0 saturated carbocycles. The van der Waals surface area contributed by atoms with Crippen molar-refractivity contribution < 1.29 is 19.2 Å². The summed E-state index contributed by atoms with van der Waals surface area (Å²) in [5.41, 5.74) is -0.375. The van der Waals surface area contributed by atoms with Gasteiger partial charge in [0.05, 0.1) is 19.2 Å². The van der Waals surface area contributed by atoms with Crippen LogP contribution in [0.25, 0.3) is 0 Å². The molecule has 1 aromatic rings. The minimum atomic E-state index is -0.953. The second kappa shape index (κ2) is 5.18. The van der Waals surface area contributed by atoms with Crippen LogP contribution in [0.15, 0.2) is 16.5 Å². The minimum absolute atomic E-state index is 0.155. The molecule has 0 fully saturated rings. The maximum atomic E-state index is 10.8. The molecule has 0 unspecified atom stereocenters. The molecule has 0 aliphatic rings. The zero-order valence-electron chi connectivity index (χ0n) is 10.5. The van der Waals surface area contributed by atoms with Crippen LogP contribution in [0.1, 0.15) is 26.5 Å². The van der Waals surface area contributed by atoms with Gasteiger partial charge in [0.2, 0.25) is 0 Å². The third-order valence-electron chi connectivity index (χ3n) is 2.45. The lowest BCUT2D eigenvalue weighted by molar-refractivity contribution is -0.402. The van der Waals surface area contributed by atoms with Crippen molar-refractivity contribution in [2.24, 2.45) is 0 Å². The van der Waals surface area contributed by atoms with Crippen LogP contribution in [-0.4, -0.2) is 33.0 Å². The average molecular weight is 256 g/mol. The van der Waals surface area contributed by atoms with E-state index >= 15 is 0 Å². The molecule has 0 aliphatic carbocycles. The molecule has 100 valence electrons. The molecule has 0 amide bonds. The smallest absolute Gasteiger partial charge is 0.433 e. The fourth-order valence-corrected chi connectivity index (χ4v) is 1.43. The van der Waals surface area contributed by atoms with Crippen LogP contribution in [0, 0.1) is 10.1 Å². The third kappa shape index (κ3) is 3.85. The van der Waals surface area contributed by atoms with E-state index in [2.05, 4.69) is 0 Å². The molecule has 0 spiro atoms. The molecule has 7 nitrogen and oxygen atoms in total. The van der Waals surface area contributed by atoms with Gasteiger partial charge in [-0.3, -0.25) is 19.8 Å². The average Bonchev–Trinajstić information content (AvgIpc) is 2.63. The summed E-state index contributed by atoms with van der Waals surface area (Å²) in [6.07, 6.45) is 0. The summed E-state index contributed by atoms with van der Waals surface area (Å²) in [7, 11) is 0. The van der Waals surface area contributed by atoms with Crippen LogP contribution < -0.4 is 0 Å². The number of nitrogens with zero attached hydrogens (tertiary/aromatic N) is 2. The number of carboxylic acids is 1. The van der Waals surface area contributed by atoms with Gasteiger partial charge in [0.1, 0.15) is 10.7 Å². The molecule has 1 rings (SSSR count). The Hall–Kier alpha value is -1.89. The van der Waals surface area contributed by atoms with Crippen molar-refractivity contribution in [3.05, 3.63) is 28.0 Å². The Bertz CT molecular complexity index is 447. The molecular weight excluding hydrogens is 240 g/mol. The largest absolute Gasteiger partial charge is 0.480 e. The quantitative estimate of drug-likeness (QED) is 0.638. The molecule has 0 aliphatic heterocycles. The van der Waals surface area contributed by atoms with Crippen molar-refractivity contribution in [1.29, 1.82) is 0 Å². The number of hydrogen-bond acceptors (Lipinski definition) is 5. The van der Waals surface area contributed by atoms with Gasteiger partial charge in [0, 0.05) is 5.54 Å². The van der Waals surface area contributed by atoms with Crippen molar-refractivity contribution in [2.45, 2.75) is 32.9 Å². The van der Waals surface area contributed by atoms with E-state index in [-0.39, 0.29) is 24.5 Å². The Morgan fingerprint density at radius 3 is 2.50 bits per heavy atom. The Labute approximate surface area is 104 Å². The van der Waals surface area contributed by atoms with Crippen LogP contribution >= 0.6 is 0 Å². The van der Waals surface area contributed by atoms with Crippen LogP contribution in [0.4, 0.5) is 5.88 Å². The monoisotopic (exact) mass is 256 g/mol. The SMILES string of the molecule is CC(C)(C)N(CC(=O)O)Cc1ccc([N+](=O)[O-])o1. The van der Waals surface area contributed by atoms with Crippen LogP contribution in [0.3, 0.4) is 0 Å². The molecular formula is C11H16N2O5. The first-order valence-corrected chi connectivity index (χ1v) is 5.40. The normalized spacial score (nSPS) is 11.8. The molecule has 7 heteroatoms. The predicted octanol–water partition coefficient (Wildman–Crippen LogP) is 1.87. The first-order valence-electron chi connectivity index (χ1n) is 5.40. The number of aliphatic carboxylic acids is 1. The van der Waals surface area contributed by atoms with Gasteiger partial charge in [0.15, 0.2) is 0 Å². The number of furan rings is 1. The first kappa shape index (κ1) is 14.2. The van der Waals surface area contributed by atoms with E-state index in [4.69, 9.17) is 9.52 Å². The Morgan fingerprint density at radius 2 is 2.11 bits per heavy atom. The Kier molecular flexibility index (Phi) is 4.07. The van der Waals surface area contributed by atoms with Crippen LogP contribution in [0.5, 0.6) is 0 Å². The topological polar surface area (TPSA) is 96.8 Å². The van der Waals surface area contributed by atoms with E-state index in [1.165, 1.54) is 12.1 Å². The van der Waals surface area contributed by atoms with Crippen LogP contribution in [-0.2, 0) is 11.3 Å². The predicted molar refractivity (Wildman–Crippen MR) is 63.2 cm³/mol. The van der Waals surface area contributed by atoms with Gasteiger partial charge < -0.3 is 9.52 Å². The molecule has 1 N–H and O–H groups in total. The minimum Gasteiger partial charge on any atom is -0.480 e. The van der Waals surface area contributed by atoms with Gasteiger partial charge in [-0.15, -0.1) is 0 Å². The lowest BCUT2D eigenvalue weighted by Gasteiger charge is -2.33. The Morgan fingerprint density at radius 1 is 1.50 bits per heavy atom. The van der Waals surface area contributed by atoms with Crippen molar-refractivity contribution in [3.63, 3.8) is 0 Å². The highest BCUT2D eigenvalue weighted by molar-refractivity contribution is 5.69. The number of carboxylic acid groups (broad SMARTS) is 1. The lowest BCUT2D eigenvalue weighted by Crippen LogP contribution is -2.43. The number of rotatable bonds is 5. The van der Waals surface area contributed by atoms with Gasteiger partial charge in [-0.05, 0) is 26.8 Å². The molecule has 0 aromatic carbocycles. The van der Waals surface area contributed by atoms with Gasteiger partial charge in [0.25, 0.3) is 0 Å². The van der Waals surface area contributed by atoms with E-state index in [0.717, 1.165) is 0 Å². The van der Waals surface area contributed by atoms with Gasteiger partial charge >= 0.3 is 11.9 Å². The molecule has 0 bridgehead atoms. The summed E-state index contributed by atoms with van der Waals surface area (Å²) in [6.45, 7) is 5.66. The summed E-state index contributed by atoms with van der Waals surface area (Å²) in [5, 5.41) is 19.3. The second-order valence-electron chi connectivity index (χ2n) is 4.92. The molecule has 0 radical (unpaired) electrons. The van der Waals surface area contributed by atoms with E-state index in [1.807, 2.05) is 20.8 Å². The summed E-state index contributed by atoms with van der Waals surface area (Å²) >= 11 is 0. The molecule has 0 atom stereocenters. The zero-order valence-corrected chi connectivity index (χ0v) is 10.5. The van der Waals surface area contributed by atoms with Gasteiger partial charge in [-0.25, -0.2) is 0 Å². The number of hydrogen-bond donors (Lipinski definition) is 1. The maximum absolute atomic E-state index is 10.8. The highest BCUT2D eigenvalue weighted by Crippen LogP contribution is 2.21. The third-order valence-corrected chi connectivity index (χ3v) is 2.45. The Balaban J connectivity index is 2.82. The van der Waals surface area contributed by atoms with Crippen molar-refractivity contribution in [3.8, 4) is 0 Å². The molecule has 18 heavy (non-hydrogen) atoms. The summed E-state index contributed by atoms with van der Waals surface area (Å²) in [6, 6.07) is 2.75. The van der Waals surface area contributed by atoms with Crippen molar-refractivity contribution in [1.82, 2.24) is 4.90 Å². The van der Waals surface area contributed by atoms with Crippen molar-refractivity contribution >= 4 is 11.9 Å². The van der Waals surface area contributed by atoms with Gasteiger partial charge in [-0.1, -0.05) is 0 Å². The zero-order chi connectivity index (χ0) is 13.9. The molecule has 0 saturated heterocycles. The van der Waals surface area contributed by atoms with E-state index in [1.54, 1.807) is 4.90 Å². The summed E-state index contributed by atoms with van der Waals surface area (Å²) in [4.78, 5) is 22.3. The standard InChI is InChI=1S/C11H16N2O5/c1-11(2,3)12(7-10(14)15)6-8-4-5-9(18-8)13(16)17/h4-5H,6-7H2,1-3H3,(H,14,15). The number of carbonyl (C=O) groups is 1. The highest BCUT2D eigenvalue weighted by atomic mass is 16.6. The summed E-state index contributed by atoms with van der Waals surface area (Å²) in [5.74, 6) is -0.918. The fraction of sp³-hybridized carbons (Fsp3) is 0.545. The van der Waals surface area contributed by atoms with E-state index in [0.29, 0.717) is 5.76 Å².